The predicted octanol–water partition coefficient (Wildman–Crippen LogP) is 12.7. The topological polar surface area (TPSA) is 13.1 Å². The second-order valence-electron chi connectivity index (χ2n) is 13.3. The number of furan rings is 1. The standard InChI is InChI=1S/C45H30O/c1-45(2)40-24-33(35-15-8-16-42-44(35)39-22-29-11-5-6-12-30(29)25-43(39)46-42)19-20-36(40)38-26-37-31(23-41(38)45)13-7-14-34(37)32-18-17-27-9-3-4-10-28(27)21-32/h3-26H,1-2H3. The number of fused-ring (bicyclic) bond motifs is 9. The lowest BCUT2D eigenvalue weighted by Gasteiger charge is -2.22. The molecule has 1 nitrogen and oxygen atoms in total. The van der Waals surface area contributed by atoms with E-state index >= 15 is 0 Å². The van der Waals surface area contributed by atoms with Gasteiger partial charge in [-0.15, -0.1) is 0 Å². The molecule has 1 aliphatic rings. The van der Waals surface area contributed by atoms with Crippen LogP contribution in [0.1, 0.15) is 25.0 Å². The van der Waals surface area contributed by atoms with Gasteiger partial charge in [-0.1, -0.05) is 117 Å². The lowest BCUT2D eigenvalue weighted by molar-refractivity contribution is 0.661. The fourth-order valence-corrected chi connectivity index (χ4v) is 8.03. The summed E-state index contributed by atoms with van der Waals surface area (Å²) in [5.74, 6) is 0. The molecule has 1 heteroatoms. The van der Waals surface area contributed by atoms with Crippen molar-refractivity contribution >= 4 is 54.3 Å². The third-order valence-electron chi connectivity index (χ3n) is 10.4. The molecule has 0 aliphatic heterocycles. The van der Waals surface area contributed by atoms with Gasteiger partial charge in [0.2, 0.25) is 0 Å². The fourth-order valence-electron chi connectivity index (χ4n) is 8.03. The molecule has 9 aromatic rings. The van der Waals surface area contributed by atoms with Crippen LogP contribution in [-0.2, 0) is 5.41 Å². The fraction of sp³-hybridized carbons (Fsp3) is 0.0667. The SMILES string of the molecule is CC1(C)c2cc(-c3cccc4oc5cc6ccccc6cc5c34)ccc2-c2cc3c(-c4ccc5ccccc5c4)cccc3cc21. The molecule has 0 spiro atoms. The smallest absolute Gasteiger partial charge is 0.136 e. The Morgan fingerprint density at radius 2 is 1.04 bits per heavy atom. The largest absolute Gasteiger partial charge is 0.456 e. The van der Waals surface area contributed by atoms with Crippen LogP contribution < -0.4 is 0 Å². The van der Waals surface area contributed by atoms with Crippen molar-refractivity contribution in [1.82, 2.24) is 0 Å². The minimum atomic E-state index is -0.129. The summed E-state index contributed by atoms with van der Waals surface area (Å²) in [5.41, 5.74) is 12.1. The van der Waals surface area contributed by atoms with Gasteiger partial charge in [-0.3, -0.25) is 0 Å². The van der Waals surface area contributed by atoms with E-state index in [9.17, 15) is 0 Å². The summed E-state index contributed by atoms with van der Waals surface area (Å²) in [4.78, 5) is 0. The van der Waals surface area contributed by atoms with Crippen LogP contribution in [0.25, 0.3) is 87.6 Å². The zero-order valence-corrected chi connectivity index (χ0v) is 25.8. The second-order valence-corrected chi connectivity index (χ2v) is 13.3. The van der Waals surface area contributed by atoms with Crippen molar-refractivity contribution in [2.24, 2.45) is 0 Å². The Morgan fingerprint density at radius 3 is 1.89 bits per heavy atom. The van der Waals surface area contributed by atoms with Gasteiger partial charge in [-0.2, -0.15) is 0 Å². The number of benzene rings is 8. The van der Waals surface area contributed by atoms with Crippen LogP contribution >= 0.6 is 0 Å². The van der Waals surface area contributed by atoms with Crippen molar-refractivity contribution < 1.29 is 4.42 Å². The van der Waals surface area contributed by atoms with Gasteiger partial charge in [0.05, 0.1) is 0 Å². The molecule has 0 amide bonds. The van der Waals surface area contributed by atoms with Gasteiger partial charge >= 0.3 is 0 Å². The number of rotatable bonds is 2. The highest BCUT2D eigenvalue weighted by molar-refractivity contribution is 6.15. The lowest BCUT2D eigenvalue weighted by Crippen LogP contribution is -2.15. The van der Waals surface area contributed by atoms with E-state index in [1.165, 1.54) is 87.6 Å². The van der Waals surface area contributed by atoms with E-state index in [0.29, 0.717) is 0 Å². The zero-order valence-electron chi connectivity index (χ0n) is 25.8. The average Bonchev–Trinajstić information content (AvgIpc) is 3.56. The van der Waals surface area contributed by atoms with Gasteiger partial charge in [-0.05, 0) is 119 Å². The molecule has 1 heterocycles. The molecule has 0 atom stereocenters. The van der Waals surface area contributed by atoms with Gasteiger partial charge in [0.25, 0.3) is 0 Å². The third-order valence-corrected chi connectivity index (χ3v) is 10.4. The molecular weight excluding hydrogens is 556 g/mol. The van der Waals surface area contributed by atoms with Gasteiger partial charge < -0.3 is 4.42 Å². The van der Waals surface area contributed by atoms with Crippen LogP contribution in [0.5, 0.6) is 0 Å². The van der Waals surface area contributed by atoms with Gasteiger partial charge in [0.1, 0.15) is 11.2 Å². The van der Waals surface area contributed by atoms with Crippen LogP contribution in [0.15, 0.2) is 150 Å². The highest BCUT2D eigenvalue weighted by Gasteiger charge is 2.36. The minimum Gasteiger partial charge on any atom is -0.456 e. The summed E-state index contributed by atoms with van der Waals surface area (Å²) >= 11 is 0. The van der Waals surface area contributed by atoms with Crippen molar-refractivity contribution in [2.45, 2.75) is 19.3 Å². The molecule has 0 N–H and O–H groups in total. The second kappa shape index (κ2) is 9.19. The van der Waals surface area contributed by atoms with Crippen molar-refractivity contribution in [1.29, 1.82) is 0 Å². The molecule has 0 saturated carbocycles. The minimum absolute atomic E-state index is 0.129. The van der Waals surface area contributed by atoms with Crippen LogP contribution in [-0.4, -0.2) is 0 Å². The molecule has 0 fully saturated rings. The Kier molecular flexibility index (Phi) is 5.12. The van der Waals surface area contributed by atoms with E-state index in [-0.39, 0.29) is 5.41 Å². The quantitative estimate of drug-likeness (QED) is 0.196. The van der Waals surface area contributed by atoms with Crippen LogP contribution in [0.3, 0.4) is 0 Å². The molecule has 1 aromatic heterocycles. The lowest BCUT2D eigenvalue weighted by atomic mass is 9.80. The molecule has 8 aromatic carbocycles. The summed E-state index contributed by atoms with van der Waals surface area (Å²) < 4.78 is 6.42. The van der Waals surface area contributed by atoms with E-state index in [1.54, 1.807) is 0 Å². The van der Waals surface area contributed by atoms with Crippen LogP contribution in [0.4, 0.5) is 0 Å². The Hall–Kier alpha value is -5.66. The molecule has 0 saturated heterocycles. The normalized spacial score (nSPS) is 13.6. The Labute approximate surface area is 267 Å². The highest BCUT2D eigenvalue weighted by Crippen LogP contribution is 2.52. The zero-order chi connectivity index (χ0) is 30.6. The van der Waals surface area contributed by atoms with Crippen LogP contribution in [0, 0.1) is 0 Å². The monoisotopic (exact) mass is 586 g/mol. The van der Waals surface area contributed by atoms with Gasteiger partial charge in [0, 0.05) is 16.2 Å². The molecular formula is C45H30O. The van der Waals surface area contributed by atoms with Crippen LogP contribution in [0.2, 0.25) is 0 Å². The summed E-state index contributed by atoms with van der Waals surface area (Å²) in [7, 11) is 0. The van der Waals surface area contributed by atoms with E-state index in [4.69, 9.17) is 4.42 Å². The summed E-state index contributed by atoms with van der Waals surface area (Å²) in [6.45, 7) is 4.75. The highest BCUT2D eigenvalue weighted by atomic mass is 16.3. The summed E-state index contributed by atoms with van der Waals surface area (Å²) in [6, 6.07) is 53.5. The molecule has 10 rings (SSSR count). The number of hydrogen-bond acceptors (Lipinski definition) is 1. The van der Waals surface area contributed by atoms with Crippen molar-refractivity contribution in [3.63, 3.8) is 0 Å². The first kappa shape index (κ1) is 25.6. The first-order valence-corrected chi connectivity index (χ1v) is 16.1. The van der Waals surface area contributed by atoms with E-state index in [0.717, 1.165) is 11.2 Å². The van der Waals surface area contributed by atoms with Gasteiger partial charge in [0.15, 0.2) is 0 Å². The number of hydrogen-bond donors (Lipinski definition) is 0. The van der Waals surface area contributed by atoms with E-state index < -0.39 is 0 Å². The Morgan fingerprint density at radius 1 is 0.391 bits per heavy atom. The summed E-state index contributed by atoms with van der Waals surface area (Å²) in [6.07, 6.45) is 0. The molecule has 0 unspecified atom stereocenters. The maximum Gasteiger partial charge on any atom is 0.136 e. The van der Waals surface area contributed by atoms with Crippen molar-refractivity contribution in [2.75, 3.05) is 0 Å². The van der Waals surface area contributed by atoms with E-state index in [1.807, 2.05) is 0 Å². The Balaban J connectivity index is 1.15. The molecule has 216 valence electrons. The molecule has 46 heavy (non-hydrogen) atoms. The molecule has 1 aliphatic carbocycles. The predicted molar refractivity (Wildman–Crippen MR) is 195 cm³/mol. The first-order chi connectivity index (χ1) is 22.5. The van der Waals surface area contributed by atoms with Gasteiger partial charge in [-0.25, -0.2) is 0 Å². The summed E-state index contributed by atoms with van der Waals surface area (Å²) in [5, 5.41) is 9.90. The van der Waals surface area contributed by atoms with Crippen molar-refractivity contribution in [3.05, 3.63) is 157 Å². The maximum absolute atomic E-state index is 6.42. The Bertz CT molecular complexity index is 2720. The van der Waals surface area contributed by atoms with E-state index in [2.05, 4.69) is 159 Å². The maximum atomic E-state index is 6.42. The molecule has 0 radical (unpaired) electrons. The average molecular weight is 587 g/mol. The third kappa shape index (κ3) is 3.57. The molecule has 0 bridgehead atoms. The first-order valence-electron chi connectivity index (χ1n) is 16.1. The van der Waals surface area contributed by atoms with Crippen molar-refractivity contribution in [3.8, 4) is 33.4 Å².